The number of nitrogens with zero attached hydrogens (tertiary/aromatic N) is 1. The van der Waals surface area contributed by atoms with Crippen LogP contribution in [0.5, 0.6) is 11.5 Å². The first-order valence-corrected chi connectivity index (χ1v) is 8.05. The van der Waals surface area contributed by atoms with Crippen molar-refractivity contribution in [2.24, 2.45) is 0 Å². The number of rotatable bonds is 5. The van der Waals surface area contributed by atoms with Crippen molar-refractivity contribution >= 4 is 0 Å². The van der Waals surface area contributed by atoms with Crippen LogP contribution >= 0.6 is 0 Å². The lowest BCUT2D eigenvalue weighted by molar-refractivity contribution is 0.195. The van der Waals surface area contributed by atoms with E-state index in [2.05, 4.69) is 46.6 Å². The average molecular weight is 312 g/mol. The van der Waals surface area contributed by atoms with Crippen LogP contribution in [0.3, 0.4) is 0 Å². The fourth-order valence-electron chi connectivity index (χ4n) is 3.21. The van der Waals surface area contributed by atoms with Crippen LogP contribution < -0.4 is 14.8 Å². The van der Waals surface area contributed by atoms with Gasteiger partial charge in [0.05, 0.1) is 20.3 Å². The summed E-state index contributed by atoms with van der Waals surface area (Å²) in [5, 5.41) is 3.43. The van der Waals surface area contributed by atoms with E-state index in [1.54, 1.807) is 14.2 Å². The van der Waals surface area contributed by atoms with E-state index in [1.165, 1.54) is 11.1 Å². The first-order valence-electron chi connectivity index (χ1n) is 8.05. The number of nitrogens with one attached hydrogen (secondary N) is 1. The van der Waals surface area contributed by atoms with Crippen molar-refractivity contribution in [2.45, 2.75) is 6.04 Å². The Morgan fingerprint density at radius 1 is 0.957 bits per heavy atom. The molecule has 2 aromatic rings. The highest BCUT2D eigenvalue weighted by atomic mass is 16.5. The van der Waals surface area contributed by atoms with E-state index in [0.717, 1.165) is 37.7 Å². The van der Waals surface area contributed by atoms with Crippen molar-refractivity contribution < 1.29 is 9.47 Å². The average Bonchev–Trinajstić information content (AvgIpc) is 2.64. The first kappa shape index (κ1) is 15.8. The summed E-state index contributed by atoms with van der Waals surface area (Å²) in [5.74, 6) is 1.69. The lowest BCUT2D eigenvalue weighted by Gasteiger charge is -2.36. The minimum absolute atomic E-state index is 0.194. The van der Waals surface area contributed by atoms with E-state index in [4.69, 9.17) is 9.47 Å². The predicted octanol–water partition coefficient (Wildman–Crippen LogP) is 2.70. The molecule has 3 rings (SSSR count). The second-order valence-corrected chi connectivity index (χ2v) is 5.71. The topological polar surface area (TPSA) is 33.7 Å². The minimum Gasteiger partial charge on any atom is -0.497 e. The Balaban J connectivity index is 2.04. The van der Waals surface area contributed by atoms with Crippen LogP contribution in [0, 0.1) is 0 Å². The van der Waals surface area contributed by atoms with Crippen LogP contribution in [-0.4, -0.2) is 45.3 Å². The van der Waals surface area contributed by atoms with E-state index in [0.29, 0.717) is 0 Å². The Morgan fingerprint density at radius 2 is 1.70 bits per heavy atom. The summed E-state index contributed by atoms with van der Waals surface area (Å²) in [6.07, 6.45) is 0. The van der Waals surface area contributed by atoms with Crippen LogP contribution in [0.1, 0.15) is 17.2 Å². The Labute approximate surface area is 138 Å². The molecular weight excluding hydrogens is 288 g/mol. The highest BCUT2D eigenvalue weighted by molar-refractivity contribution is 5.46. The molecule has 1 atom stereocenters. The molecule has 1 fully saturated rings. The number of ether oxygens (including phenoxy) is 2. The Kier molecular flexibility index (Phi) is 5.16. The summed E-state index contributed by atoms with van der Waals surface area (Å²) < 4.78 is 11.0. The molecule has 1 N–H and O–H groups in total. The van der Waals surface area contributed by atoms with Crippen molar-refractivity contribution in [3.63, 3.8) is 0 Å². The normalized spacial score (nSPS) is 16.8. The molecular formula is C19H24N2O2. The maximum absolute atomic E-state index is 5.66. The van der Waals surface area contributed by atoms with Gasteiger partial charge in [0, 0.05) is 37.8 Å². The second kappa shape index (κ2) is 7.49. The van der Waals surface area contributed by atoms with E-state index in [-0.39, 0.29) is 6.04 Å². The monoisotopic (exact) mass is 312 g/mol. The molecule has 0 saturated carbocycles. The first-order chi connectivity index (χ1) is 11.3. The van der Waals surface area contributed by atoms with Crippen LogP contribution in [0.2, 0.25) is 0 Å². The number of piperazine rings is 1. The van der Waals surface area contributed by atoms with Gasteiger partial charge in [0.2, 0.25) is 0 Å². The minimum atomic E-state index is 0.194. The third kappa shape index (κ3) is 3.49. The van der Waals surface area contributed by atoms with Crippen LogP contribution in [0.15, 0.2) is 48.5 Å². The summed E-state index contributed by atoms with van der Waals surface area (Å²) >= 11 is 0. The molecule has 0 aromatic heterocycles. The van der Waals surface area contributed by atoms with Crippen molar-refractivity contribution in [1.82, 2.24) is 10.2 Å². The fraction of sp³-hybridized carbons (Fsp3) is 0.368. The summed E-state index contributed by atoms with van der Waals surface area (Å²) in [4.78, 5) is 2.51. The van der Waals surface area contributed by atoms with E-state index >= 15 is 0 Å². The van der Waals surface area contributed by atoms with Crippen molar-refractivity contribution in [3.05, 3.63) is 59.7 Å². The molecule has 0 amide bonds. The molecule has 0 bridgehead atoms. The molecule has 2 aromatic carbocycles. The van der Waals surface area contributed by atoms with Crippen LogP contribution in [0.4, 0.5) is 0 Å². The molecule has 4 heteroatoms. The van der Waals surface area contributed by atoms with Gasteiger partial charge in [-0.3, -0.25) is 4.90 Å². The highest BCUT2D eigenvalue weighted by Crippen LogP contribution is 2.36. The van der Waals surface area contributed by atoms with Gasteiger partial charge in [-0.25, -0.2) is 0 Å². The van der Waals surface area contributed by atoms with Gasteiger partial charge in [0.1, 0.15) is 11.5 Å². The molecule has 23 heavy (non-hydrogen) atoms. The smallest absolute Gasteiger partial charge is 0.127 e. The number of methoxy groups -OCH3 is 2. The van der Waals surface area contributed by atoms with E-state index in [1.807, 2.05) is 12.1 Å². The highest BCUT2D eigenvalue weighted by Gasteiger charge is 2.26. The van der Waals surface area contributed by atoms with Crippen molar-refractivity contribution in [3.8, 4) is 11.5 Å². The van der Waals surface area contributed by atoms with Gasteiger partial charge >= 0.3 is 0 Å². The molecule has 1 aliphatic heterocycles. The SMILES string of the molecule is COc1ccc(C(c2ccccc2)N2CCNCC2)c(OC)c1. The van der Waals surface area contributed by atoms with Gasteiger partial charge in [0.25, 0.3) is 0 Å². The van der Waals surface area contributed by atoms with E-state index in [9.17, 15) is 0 Å². The van der Waals surface area contributed by atoms with Gasteiger partial charge < -0.3 is 14.8 Å². The lowest BCUT2D eigenvalue weighted by atomic mass is 9.95. The third-order valence-corrected chi connectivity index (χ3v) is 4.37. The molecule has 1 heterocycles. The van der Waals surface area contributed by atoms with Gasteiger partial charge in [-0.15, -0.1) is 0 Å². The van der Waals surface area contributed by atoms with Gasteiger partial charge in [0.15, 0.2) is 0 Å². The standard InChI is InChI=1S/C19H24N2O2/c1-22-16-8-9-17(18(14-16)23-2)19(15-6-4-3-5-7-15)21-12-10-20-11-13-21/h3-9,14,19-20H,10-13H2,1-2H3. The van der Waals surface area contributed by atoms with Crippen LogP contribution in [0.25, 0.3) is 0 Å². The van der Waals surface area contributed by atoms with Gasteiger partial charge in [-0.2, -0.15) is 0 Å². The maximum atomic E-state index is 5.66. The number of benzene rings is 2. The molecule has 0 radical (unpaired) electrons. The molecule has 4 nitrogen and oxygen atoms in total. The quantitative estimate of drug-likeness (QED) is 0.920. The number of hydrogen-bond acceptors (Lipinski definition) is 4. The lowest BCUT2D eigenvalue weighted by Crippen LogP contribution is -2.45. The van der Waals surface area contributed by atoms with Crippen molar-refractivity contribution in [1.29, 1.82) is 0 Å². The van der Waals surface area contributed by atoms with E-state index < -0.39 is 0 Å². The zero-order chi connectivity index (χ0) is 16.1. The number of hydrogen-bond donors (Lipinski definition) is 1. The van der Waals surface area contributed by atoms with Crippen molar-refractivity contribution in [2.75, 3.05) is 40.4 Å². The Bertz CT molecular complexity index is 625. The Morgan fingerprint density at radius 3 is 2.35 bits per heavy atom. The Hall–Kier alpha value is -2.04. The third-order valence-electron chi connectivity index (χ3n) is 4.37. The maximum Gasteiger partial charge on any atom is 0.127 e. The molecule has 0 aliphatic carbocycles. The largest absolute Gasteiger partial charge is 0.497 e. The van der Waals surface area contributed by atoms with Gasteiger partial charge in [-0.05, 0) is 17.7 Å². The summed E-state index contributed by atoms with van der Waals surface area (Å²) in [6, 6.07) is 16.9. The second-order valence-electron chi connectivity index (χ2n) is 5.71. The summed E-state index contributed by atoms with van der Waals surface area (Å²) in [6.45, 7) is 4.08. The molecule has 0 spiro atoms. The molecule has 1 unspecified atom stereocenters. The predicted molar refractivity (Wildman–Crippen MR) is 92.3 cm³/mol. The molecule has 1 saturated heterocycles. The van der Waals surface area contributed by atoms with Crippen LogP contribution in [-0.2, 0) is 0 Å². The zero-order valence-electron chi connectivity index (χ0n) is 13.8. The molecule has 1 aliphatic rings. The fourth-order valence-corrected chi connectivity index (χ4v) is 3.21. The van der Waals surface area contributed by atoms with Gasteiger partial charge in [-0.1, -0.05) is 30.3 Å². The summed E-state index contributed by atoms with van der Waals surface area (Å²) in [7, 11) is 3.40. The zero-order valence-corrected chi connectivity index (χ0v) is 13.8. The summed E-state index contributed by atoms with van der Waals surface area (Å²) in [5.41, 5.74) is 2.47. The molecule has 122 valence electrons.